The van der Waals surface area contributed by atoms with E-state index in [4.69, 9.17) is 9.47 Å². The number of carbonyl (C=O) groups is 2. The molecule has 8 heteroatoms. The summed E-state index contributed by atoms with van der Waals surface area (Å²) >= 11 is 2.99. The average Bonchev–Trinajstić information content (AvgIpc) is 2.87. The van der Waals surface area contributed by atoms with Crippen LogP contribution in [0.25, 0.3) is 0 Å². The lowest BCUT2D eigenvalue weighted by Crippen LogP contribution is -2.58. The maximum Gasteiger partial charge on any atom is 0.347 e. The first-order valence-electron chi connectivity index (χ1n) is 7.94. The highest BCUT2D eigenvalue weighted by molar-refractivity contribution is 8.26. The molecule has 2 heterocycles. The largest absolute Gasteiger partial charge is 0.462 e. The Kier molecular flexibility index (Phi) is 6.82. The van der Waals surface area contributed by atoms with Crippen molar-refractivity contribution in [3.63, 3.8) is 0 Å². The van der Waals surface area contributed by atoms with E-state index < -0.39 is 11.9 Å². The zero-order chi connectivity index (χ0) is 16.9. The zero-order valence-corrected chi connectivity index (χ0v) is 15.4. The molecule has 2 rings (SSSR count). The van der Waals surface area contributed by atoms with E-state index in [0.29, 0.717) is 30.3 Å². The van der Waals surface area contributed by atoms with Gasteiger partial charge in [-0.05, 0) is 19.8 Å². The van der Waals surface area contributed by atoms with E-state index in [0.717, 1.165) is 13.1 Å². The Labute approximate surface area is 145 Å². The van der Waals surface area contributed by atoms with Crippen LogP contribution in [0.2, 0.25) is 0 Å². The number of esters is 2. The fourth-order valence-corrected chi connectivity index (χ4v) is 5.58. The number of fused-ring (bicyclic) bond motifs is 1. The molecule has 0 spiro atoms. The molecule has 2 N–H and O–H groups in total. The number of rotatable bonds is 6. The molecule has 2 fully saturated rings. The van der Waals surface area contributed by atoms with Gasteiger partial charge in [-0.25, -0.2) is 9.59 Å². The van der Waals surface area contributed by atoms with Crippen molar-refractivity contribution < 1.29 is 19.1 Å². The summed E-state index contributed by atoms with van der Waals surface area (Å²) in [6, 6.07) is 0. The van der Waals surface area contributed by atoms with Gasteiger partial charge >= 0.3 is 11.9 Å². The number of carbonyl (C=O) groups excluding carboxylic acids is 2. The zero-order valence-electron chi connectivity index (χ0n) is 13.8. The van der Waals surface area contributed by atoms with Crippen LogP contribution in [0.3, 0.4) is 0 Å². The fourth-order valence-electron chi connectivity index (χ4n) is 2.26. The summed E-state index contributed by atoms with van der Waals surface area (Å²) in [6.45, 7) is 8.20. The molecule has 0 radical (unpaired) electrons. The number of nitrogens with one attached hydrogen (secondary N) is 2. The second kappa shape index (κ2) is 8.41. The second-order valence-electron chi connectivity index (χ2n) is 5.52. The van der Waals surface area contributed by atoms with Crippen LogP contribution in [0.5, 0.6) is 0 Å². The normalized spacial score (nSPS) is 26.6. The minimum absolute atomic E-state index is 0.0288. The van der Waals surface area contributed by atoms with Crippen LogP contribution in [0, 0.1) is 0 Å². The van der Waals surface area contributed by atoms with Gasteiger partial charge in [-0.15, -0.1) is 0 Å². The van der Waals surface area contributed by atoms with Gasteiger partial charge < -0.3 is 14.8 Å². The van der Waals surface area contributed by atoms with Crippen LogP contribution in [-0.2, 0) is 19.1 Å². The third-order valence-electron chi connectivity index (χ3n) is 3.45. The minimum atomic E-state index is -0.592. The quantitative estimate of drug-likeness (QED) is 0.321. The number of ether oxygens (including phenoxy) is 2. The van der Waals surface area contributed by atoms with Crippen LogP contribution >= 0.6 is 23.5 Å². The van der Waals surface area contributed by atoms with Gasteiger partial charge in [-0.1, -0.05) is 37.4 Å². The van der Waals surface area contributed by atoms with E-state index >= 15 is 0 Å². The SMILES string of the molecule is CCCOC(=O)C(C(=O)OCCC)=C1SC2NCCNC2(C)S1. The van der Waals surface area contributed by atoms with Crippen molar-refractivity contribution in [2.45, 2.75) is 43.9 Å². The van der Waals surface area contributed by atoms with Crippen molar-refractivity contribution in [3.05, 3.63) is 9.81 Å². The van der Waals surface area contributed by atoms with Crippen LogP contribution in [0.1, 0.15) is 33.6 Å². The highest BCUT2D eigenvalue weighted by atomic mass is 32.2. The summed E-state index contributed by atoms with van der Waals surface area (Å²) in [5, 5.41) is 6.96. The Morgan fingerprint density at radius 3 is 2.30 bits per heavy atom. The topological polar surface area (TPSA) is 76.7 Å². The van der Waals surface area contributed by atoms with E-state index in [9.17, 15) is 9.59 Å². The van der Waals surface area contributed by atoms with E-state index in [1.54, 1.807) is 0 Å². The van der Waals surface area contributed by atoms with Gasteiger partial charge in [0.2, 0.25) is 0 Å². The third-order valence-corrected chi connectivity index (χ3v) is 6.62. The number of hydrogen-bond acceptors (Lipinski definition) is 8. The molecule has 23 heavy (non-hydrogen) atoms. The predicted octanol–water partition coefficient (Wildman–Crippen LogP) is 1.82. The van der Waals surface area contributed by atoms with Crippen molar-refractivity contribution in [2.75, 3.05) is 26.3 Å². The van der Waals surface area contributed by atoms with Crippen molar-refractivity contribution >= 4 is 35.5 Å². The maximum atomic E-state index is 12.4. The molecule has 2 unspecified atom stereocenters. The highest BCUT2D eigenvalue weighted by Gasteiger charge is 2.47. The van der Waals surface area contributed by atoms with Crippen LogP contribution in [0.4, 0.5) is 0 Å². The molecule has 2 aliphatic rings. The molecule has 0 saturated carbocycles. The first-order valence-corrected chi connectivity index (χ1v) is 9.64. The van der Waals surface area contributed by atoms with E-state index in [1.165, 1.54) is 23.5 Å². The first-order chi connectivity index (χ1) is 11.0. The first kappa shape index (κ1) is 18.6. The smallest absolute Gasteiger partial charge is 0.347 e. The molecule has 0 amide bonds. The molecule has 0 aromatic carbocycles. The van der Waals surface area contributed by atoms with Crippen molar-refractivity contribution in [1.29, 1.82) is 0 Å². The Morgan fingerprint density at radius 2 is 1.78 bits per heavy atom. The van der Waals surface area contributed by atoms with Crippen molar-refractivity contribution in [1.82, 2.24) is 10.6 Å². The monoisotopic (exact) mass is 360 g/mol. The minimum Gasteiger partial charge on any atom is -0.462 e. The average molecular weight is 361 g/mol. The molecule has 2 saturated heterocycles. The number of hydrogen-bond donors (Lipinski definition) is 2. The lowest BCUT2D eigenvalue weighted by Gasteiger charge is -2.35. The summed E-state index contributed by atoms with van der Waals surface area (Å²) in [7, 11) is 0. The van der Waals surface area contributed by atoms with Gasteiger partial charge in [-0.3, -0.25) is 5.32 Å². The van der Waals surface area contributed by atoms with Gasteiger partial charge in [0.15, 0.2) is 5.57 Å². The van der Waals surface area contributed by atoms with Gasteiger partial charge in [0.25, 0.3) is 0 Å². The molecule has 2 atom stereocenters. The Morgan fingerprint density at radius 1 is 1.17 bits per heavy atom. The van der Waals surface area contributed by atoms with Gasteiger partial charge in [0, 0.05) is 13.1 Å². The molecule has 130 valence electrons. The van der Waals surface area contributed by atoms with Gasteiger partial charge in [0.05, 0.1) is 27.7 Å². The second-order valence-corrected chi connectivity index (χ2v) is 8.36. The van der Waals surface area contributed by atoms with Crippen molar-refractivity contribution in [3.8, 4) is 0 Å². The van der Waals surface area contributed by atoms with Gasteiger partial charge in [0.1, 0.15) is 0 Å². The predicted molar refractivity (Wildman–Crippen MR) is 92.9 cm³/mol. The van der Waals surface area contributed by atoms with Crippen LogP contribution in [0.15, 0.2) is 9.81 Å². The fraction of sp³-hybridized carbons (Fsp3) is 0.733. The summed E-state index contributed by atoms with van der Waals surface area (Å²) in [5.74, 6) is -1.18. The Hall–Kier alpha value is -0.700. The molecule has 0 aromatic heterocycles. The van der Waals surface area contributed by atoms with Crippen LogP contribution < -0.4 is 10.6 Å². The van der Waals surface area contributed by atoms with E-state index in [-0.39, 0.29) is 15.8 Å². The molecule has 2 aliphatic heterocycles. The van der Waals surface area contributed by atoms with E-state index in [1.807, 2.05) is 13.8 Å². The standard InChI is InChI=1S/C15H24N2O4S2/c1-4-8-20-11(18)10(12(19)21-9-5-2)13-22-14-15(3,23-13)17-7-6-16-14/h14,16-17H,4-9H2,1-3H3. The third kappa shape index (κ3) is 4.43. The van der Waals surface area contributed by atoms with E-state index in [2.05, 4.69) is 17.6 Å². The lowest BCUT2D eigenvalue weighted by atomic mass is 10.2. The summed E-state index contributed by atoms with van der Waals surface area (Å²) < 4.78 is 11.0. The molecule has 6 nitrogen and oxygen atoms in total. The van der Waals surface area contributed by atoms with Crippen molar-refractivity contribution in [2.24, 2.45) is 0 Å². The summed E-state index contributed by atoms with van der Waals surface area (Å²) in [6.07, 6.45) is 1.42. The highest BCUT2D eigenvalue weighted by Crippen LogP contribution is 2.53. The summed E-state index contributed by atoms with van der Waals surface area (Å²) in [5.41, 5.74) is 0.0288. The summed E-state index contributed by atoms with van der Waals surface area (Å²) in [4.78, 5) is 24.5. The lowest BCUT2D eigenvalue weighted by molar-refractivity contribution is -0.147. The molecule has 0 bridgehead atoms. The Bertz CT molecular complexity index is 476. The number of thioether (sulfide) groups is 2. The molecular formula is C15H24N2O4S2. The van der Waals surface area contributed by atoms with Gasteiger partial charge in [-0.2, -0.15) is 0 Å². The number of piperazine rings is 1. The Balaban J connectivity index is 2.24. The molecular weight excluding hydrogens is 336 g/mol. The molecule has 0 aromatic rings. The maximum absolute atomic E-state index is 12.4. The molecule has 0 aliphatic carbocycles. The van der Waals surface area contributed by atoms with Crippen LogP contribution in [-0.4, -0.2) is 48.5 Å².